The Morgan fingerprint density at radius 1 is 1.15 bits per heavy atom. The van der Waals surface area contributed by atoms with Crippen LogP contribution in [-0.2, 0) is 9.59 Å². The number of halogens is 1. The molecule has 0 fully saturated rings. The molecule has 2 amide bonds. The Morgan fingerprint density at radius 3 is 2.70 bits per heavy atom. The first-order valence-electron chi connectivity index (χ1n) is 8.33. The standard InChI is InChI=1S/C19H19FN2O4S/c1-22(11-18(23)21-14-4-2-3-13(20)9-14)19(24)12-27-15-5-6-16-17(10-15)26-8-7-25-16/h2-6,9-10H,7-8,11-12H2,1H3,(H,21,23). The number of hydrogen-bond acceptors (Lipinski definition) is 5. The predicted molar refractivity (Wildman–Crippen MR) is 101 cm³/mol. The van der Waals surface area contributed by atoms with Crippen molar-refractivity contribution in [2.75, 3.05) is 37.9 Å². The highest BCUT2D eigenvalue weighted by Crippen LogP contribution is 2.34. The number of ether oxygens (including phenoxy) is 2. The second-order valence-electron chi connectivity index (χ2n) is 5.90. The zero-order chi connectivity index (χ0) is 19.2. The summed E-state index contributed by atoms with van der Waals surface area (Å²) >= 11 is 1.35. The summed E-state index contributed by atoms with van der Waals surface area (Å²) in [6.07, 6.45) is 0. The van der Waals surface area contributed by atoms with Gasteiger partial charge in [0, 0.05) is 17.6 Å². The van der Waals surface area contributed by atoms with Crippen molar-refractivity contribution < 1.29 is 23.5 Å². The summed E-state index contributed by atoms with van der Waals surface area (Å²) in [5.41, 5.74) is 0.353. The Kier molecular flexibility index (Phi) is 6.18. The molecule has 1 heterocycles. The van der Waals surface area contributed by atoms with Crippen LogP contribution < -0.4 is 14.8 Å². The Morgan fingerprint density at radius 2 is 1.93 bits per heavy atom. The molecule has 0 saturated carbocycles. The summed E-state index contributed by atoms with van der Waals surface area (Å²) in [7, 11) is 1.55. The molecule has 1 aliphatic rings. The zero-order valence-electron chi connectivity index (χ0n) is 14.7. The second-order valence-corrected chi connectivity index (χ2v) is 6.95. The van der Waals surface area contributed by atoms with Gasteiger partial charge in [-0.2, -0.15) is 0 Å². The van der Waals surface area contributed by atoms with Gasteiger partial charge in [-0.05, 0) is 36.4 Å². The van der Waals surface area contributed by atoms with Crippen LogP contribution in [0.15, 0.2) is 47.4 Å². The van der Waals surface area contributed by atoms with Crippen molar-refractivity contribution in [2.24, 2.45) is 0 Å². The van der Waals surface area contributed by atoms with Gasteiger partial charge in [-0.25, -0.2) is 4.39 Å². The summed E-state index contributed by atoms with van der Waals surface area (Å²) in [5.74, 6) is 0.534. The highest BCUT2D eigenvalue weighted by atomic mass is 32.2. The smallest absolute Gasteiger partial charge is 0.243 e. The maximum Gasteiger partial charge on any atom is 0.243 e. The van der Waals surface area contributed by atoms with Crippen LogP contribution in [0.5, 0.6) is 11.5 Å². The van der Waals surface area contributed by atoms with E-state index in [2.05, 4.69) is 5.32 Å². The highest BCUT2D eigenvalue weighted by Gasteiger charge is 2.16. The van der Waals surface area contributed by atoms with E-state index in [0.717, 1.165) is 4.90 Å². The number of benzene rings is 2. The number of rotatable bonds is 6. The van der Waals surface area contributed by atoms with Crippen LogP contribution in [0.2, 0.25) is 0 Å². The summed E-state index contributed by atoms with van der Waals surface area (Å²) in [5, 5.41) is 2.57. The van der Waals surface area contributed by atoms with Gasteiger partial charge in [0.1, 0.15) is 19.0 Å². The van der Waals surface area contributed by atoms with Crippen LogP contribution in [0.25, 0.3) is 0 Å². The Bertz CT molecular complexity index is 846. The van der Waals surface area contributed by atoms with Crippen molar-refractivity contribution in [3.8, 4) is 11.5 Å². The first-order chi connectivity index (χ1) is 13.0. The lowest BCUT2D eigenvalue weighted by Crippen LogP contribution is -2.35. The van der Waals surface area contributed by atoms with Gasteiger partial charge in [0.05, 0.1) is 12.3 Å². The fourth-order valence-electron chi connectivity index (χ4n) is 2.44. The maximum absolute atomic E-state index is 13.1. The SMILES string of the molecule is CN(CC(=O)Nc1cccc(F)c1)C(=O)CSc1ccc2c(c1)OCCO2. The minimum absolute atomic E-state index is 0.114. The fourth-order valence-corrected chi connectivity index (χ4v) is 3.30. The van der Waals surface area contributed by atoms with E-state index < -0.39 is 5.82 Å². The lowest BCUT2D eigenvalue weighted by atomic mass is 10.3. The topological polar surface area (TPSA) is 67.9 Å². The van der Waals surface area contributed by atoms with Crippen molar-refractivity contribution >= 4 is 29.3 Å². The molecular formula is C19H19FN2O4S. The van der Waals surface area contributed by atoms with E-state index in [9.17, 15) is 14.0 Å². The van der Waals surface area contributed by atoms with Gasteiger partial charge < -0.3 is 19.7 Å². The molecule has 0 saturated heterocycles. The monoisotopic (exact) mass is 390 g/mol. The molecular weight excluding hydrogens is 371 g/mol. The molecule has 0 radical (unpaired) electrons. The van der Waals surface area contributed by atoms with Crippen LogP contribution in [0.4, 0.5) is 10.1 Å². The molecule has 2 aromatic carbocycles. The first-order valence-corrected chi connectivity index (χ1v) is 9.31. The Labute approximate surface area is 160 Å². The number of hydrogen-bond donors (Lipinski definition) is 1. The quantitative estimate of drug-likeness (QED) is 0.769. The summed E-state index contributed by atoms with van der Waals surface area (Å²) in [6, 6.07) is 11.1. The second kappa shape index (κ2) is 8.77. The highest BCUT2D eigenvalue weighted by molar-refractivity contribution is 8.00. The minimum Gasteiger partial charge on any atom is -0.486 e. The molecule has 6 nitrogen and oxygen atoms in total. The number of carbonyl (C=O) groups excluding carboxylic acids is 2. The van der Waals surface area contributed by atoms with Crippen LogP contribution in [0.3, 0.4) is 0 Å². The average molecular weight is 390 g/mol. The molecule has 27 heavy (non-hydrogen) atoms. The summed E-state index contributed by atoms with van der Waals surface area (Å²) in [4.78, 5) is 26.5. The van der Waals surface area contributed by atoms with E-state index in [0.29, 0.717) is 30.4 Å². The van der Waals surface area contributed by atoms with E-state index in [1.807, 2.05) is 18.2 Å². The third-order valence-corrected chi connectivity index (χ3v) is 4.77. The largest absolute Gasteiger partial charge is 0.486 e. The zero-order valence-corrected chi connectivity index (χ0v) is 15.6. The van der Waals surface area contributed by atoms with E-state index in [4.69, 9.17) is 9.47 Å². The Balaban J connectivity index is 1.48. The lowest BCUT2D eigenvalue weighted by Gasteiger charge is -2.19. The van der Waals surface area contributed by atoms with Crippen LogP contribution in [-0.4, -0.2) is 49.3 Å². The number of nitrogens with one attached hydrogen (secondary N) is 1. The number of fused-ring (bicyclic) bond motifs is 1. The van der Waals surface area contributed by atoms with Crippen LogP contribution >= 0.6 is 11.8 Å². The number of amides is 2. The summed E-state index contributed by atoms with van der Waals surface area (Å²) in [6.45, 7) is 0.917. The van der Waals surface area contributed by atoms with Gasteiger partial charge in [0.25, 0.3) is 0 Å². The predicted octanol–water partition coefficient (Wildman–Crippen LogP) is 2.79. The molecule has 0 unspecified atom stereocenters. The molecule has 8 heteroatoms. The van der Waals surface area contributed by atoms with Gasteiger partial charge in [0.15, 0.2) is 11.5 Å². The normalized spacial score (nSPS) is 12.4. The molecule has 0 bridgehead atoms. The summed E-state index contributed by atoms with van der Waals surface area (Å²) < 4.78 is 24.1. The van der Waals surface area contributed by atoms with Crippen molar-refractivity contribution in [1.82, 2.24) is 4.90 Å². The number of likely N-dealkylation sites (N-methyl/N-ethyl adjacent to an activating group) is 1. The number of carbonyl (C=O) groups is 2. The van der Waals surface area contributed by atoms with E-state index in [1.165, 1.54) is 34.9 Å². The molecule has 0 aromatic heterocycles. The number of anilines is 1. The van der Waals surface area contributed by atoms with Crippen molar-refractivity contribution in [1.29, 1.82) is 0 Å². The Hall–Kier alpha value is -2.74. The van der Waals surface area contributed by atoms with Crippen LogP contribution in [0, 0.1) is 5.82 Å². The first kappa shape index (κ1) is 19.0. The van der Waals surface area contributed by atoms with E-state index >= 15 is 0 Å². The minimum atomic E-state index is -0.437. The van der Waals surface area contributed by atoms with Crippen molar-refractivity contribution in [3.63, 3.8) is 0 Å². The van der Waals surface area contributed by atoms with E-state index in [1.54, 1.807) is 13.1 Å². The fraction of sp³-hybridized carbons (Fsp3) is 0.263. The molecule has 0 atom stereocenters. The lowest BCUT2D eigenvalue weighted by molar-refractivity contribution is -0.131. The molecule has 1 aliphatic heterocycles. The third kappa shape index (κ3) is 5.37. The third-order valence-electron chi connectivity index (χ3n) is 3.79. The molecule has 142 valence electrons. The van der Waals surface area contributed by atoms with Gasteiger partial charge in [0.2, 0.25) is 11.8 Å². The van der Waals surface area contributed by atoms with Gasteiger partial charge in [-0.15, -0.1) is 11.8 Å². The average Bonchev–Trinajstić information content (AvgIpc) is 2.65. The molecule has 0 aliphatic carbocycles. The van der Waals surface area contributed by atoms with Crippen molar-refractivity contribution in [2.45, 2.75) is 4.90 Å². The molecule has 0 spiro atoms. The van der Waals surface area contributed by atoms with Gasteiger partial charge in [-0.3, -0.25) is 9.59 Å². The molecule has 2 aromatic rings. The van der Waals surface area contributed by atoms with E-state index in [-0.39, 0.29) is 24.1 Å². The van der Waals surface area contributed by atoms with Crippen molar-refractivity contribution in [3.05, 3.63) is 48.3 Å². The maximum atomic E-state index is 13.1. The molecule has 3 rings (SSSR count). The number of thioether (sulfide) groups is 1. The molecule has 1 N–H and O–H groups in total. The number of nitrogens with zero attached hydrogens (tertiary/aromatic N) is 1. The van der Waals surface area contributed by atoms with Crippen LogP contribution in [0.1, 0.15) is 0 Å². The van der Waals surface area contributed by atoms with Gasteiger partial charge >= 0.3 is 0 Å². The van der Waals surface area contributed by atoms with Gasteiger partial charge in [-0.1, -0.05) is 6.07 Å².